The molecule has 6 rings (SSSR count). The van der Waals surface area contributed by atoms with Gasteiger partial charge in [0.05, 0.1) is 23.9 Å². The fraction of sp³-hybridized carbons (Fsp3) is 0.375. The van der Waals surface area contributed by atoms with E-state index < -0.39 is 34.1 Å². The average molecular weight is 462 g/mol. The van der Waals surface area contributed by atoms with Crippen molar-refractivity contribution in [1.29, 1.82) is 0 Å². The van der Waals surface area contributed by atoms with Crippen LogP contribution in [0, 0.1) is 28.9 Å². The first-order valence-corrected chi connectivity index (χ1v) is 11.2. The molecule has 0 unspecified atom stereocenters. The van der Waals surface area contributed by atoms with E-state index in [0.29, 0.717) is 24.2 Å². The largest absolute Gasteiger partial charge is 0.495 e. The van der Waals surface area contributed by atoms with Crippen molar-refractivity contribution >= 4 is 34.8 Å². The number of non-ortho nitro benzene ring substituents is 1. The molecule has 4 aliphatic heterocycles. The van der Waals surface area contributed by atoms with Gasteiger partial charge in [0.2, 0.25) is 17.7 Å². The molecule has 174 valence electrons. The molecule has 3 fully saturated rings. The first-order valence-electron chi connectivity index (χ1n) is 11.2. The molecule has 2 aromatic rings. The molecule has 2 aromatic carbocycles. The van der Waals surface area contributed by atoms with Gasteiger partial charge in [0.25, 0.3) is 5.69 Å². The minimum atomic E-state index is -1.29. The van der Waals surface area contributed by atoms with Gasteiger partial charge in [-0.15, -0.1) is 0 Å². The zero-order valence-electron chi connectivity index (χ0n) is 18.6. The van der Waals surface area contributed by atoms with E-state index in [-0.39, 0.29) is 29.1 Å². The van der Waals surface area contributed by atoms with Gasteiger partial charge in [0.1, 0.15) is 17.0 Å². The van der Waals surface area contributed by atoms with Crippen LogP contribution in [0.3, 0.4) is 0 Å². The lowest BCUT2D eigenvalue weighted by Gasteiger charge is -2.36. The Morgan fingerprint density at radius 2 is 1.94 bits per heavy atom. The Hall–Kier alpha value is -3.79. The summed E-state index contributed by atoms with van der Waals surface area (Å²) in [4.78, 5) is 55.4. The summed E-state index contributed by atoms with van der Waals surface area (Å²) in [7, 11) is 1.38. The number of benzene rings is 2. The van der Waals surface area contributed by atoms with Crippen molar-refractivity contribution in [2.75, 3.05) is 23.9 Å². The monoisotopic (exact) mass is 462 g/mol. The fourth-order valence-electron chi connectivity index (χ4n) is 6.52. The predicted molar refractivity (Wildman–Crippen MR) is 120 cm³/mol. The molecule has 0 saturated carbocycles. The van der Waals surface area contributed by atoms with Crippen LogP contribution in [-0.4, -0.2) is 47.2 Å². The second-order valence-electron chi connectivity index (χ2n) is 9.30. The number of nitro groups is 1. The van der Waals surface area contributed by atoms with Crippen molar-refractivity contribution in [2.45, 2.75) is 31.3 Å². The molecule has 4 aliphatic rings. The van der Waals surface area contributed by atoms with E-state index in [9.17, 15) is 24.5 Å². The number of carbonyl (C=O) groups excluding carboxylic acids is 3. The molecule has 4 heterocycles. The Balaban J connectivity index is 1.56. The average Bonchev–Trinajstić information content (AvgIpc) is 3.52. The van der Waals surface area contributed by atoms with Crippen LogP contribution in [0.1, 0.15) is 24.0 Å². The standard InChI is InChI=1S/C24H22N4O6/c1-12-5-7-15-14(10-12)24(23(31)25-15)20-19(16-4-3-9-26(16)24)21(29)27(22(20)30)17-11-13(28(32)33)6-8-18(17)34-2/h5-8,10-11,16,19-20H,3-4,9H2,1-2H3,(H,25,31)/t16-,19+,20+,24+/m0/s1. The molecule has 1 N–H and O–H groups in total. The van der Waals surface area contributed by atoms with E-state index in [0.717, 1.165) is 16.9 Å². The Morgan fingerprint density at radius 3 is 2.68 bits per heavy atom. The lowest BCUT2D eigenvalue weighted by atomic mass is 9.75. The number of hydrogen-bond acceptors (Lipinski definition) is 7. The van der Waals surface area contributed by atoms with Crippen molar-refractivity contribution in [1.82, 2.24) is 4.90 Å². The number of nitro benzene ring substituents is 1. The summed E-state index contributed by atoms with van der Waals surface area (Å²) < 4.78 is 5.35. The number of aryl methyl sites for hydroxylation is 1. The van der Waals surface area contributed by atoms with E-state index in [1.165, 1.54) is 25.3 Å². The predicted octanol–water partition coefficient (Wildman–Crippen LogP) is 2.34. The number of methoxy groups -OCH3 is 1. The Bertz CT molecular complexity index is 1310. The van der Waals surface area contributed by atoms with Crippen molar-refractivity contribution in [3.05, 3.63) is 57.6 Å². The van der Waals surface area contributed by atoms with Gasteiger partial charge in [-0.3, -0.25) is 29.4 Å². The highest BCUT2D eigenvalue weighted by Gasteiger charge is 2.74. The number of imide groups is 1. The number of rotatable bonds is 3. The minimum absolute atomic E-state index is 0.0312. The van der Waals surface area contributed by atoms with Gasteiger partial charge in [-0.1, -0.05) is 17.7 Å². The second kappa shape index (κ2) is 6.86. The van der Waals surface area contributed by atoms with Crippen LogP contribution >= 0.6 is 0 Å². The zero-order chi connectivity index (χ0) is 23.9. The zero-order valence-corrected chi connectivity index (χ0v) is 18.6. The summed E-state index contributed by atoms with van der Waals surface area (Å²) in [6, 6.07) is 9.19. The summed E-state index contributed by atoms with van der Waals surface area (Å²) in [5.74, 6) is -2.77. The molecule has 10 heteroatoms. The first kappa shape index (κ1) is 20.8. The highest BCUT2D eigenvalue weighted by atomic mass is 16.6. The number of hydrogen-bond donors (Lipinski definition) is 1. The SMILES string of the molecule is COc1ccc([N+](=O)[O-])cc1N1C(=O)[C@@H]2[C@@H]3CCCN3[C@@]3(C(=O)Nc4ccc(C)cc43)[C@H]2C1=O. The molecular formula is C24H22N4O6. The van der Waals surface area contributed by atoms with Gasteiger partial charge in [-0.2, -0.15) is 0 Å². The highest BCUT2D eigenvalue weighted by molar-refractivity contribution is 6.26. The van der Waals surface area contributed by atoms with Gasteiger partial charge < -0.3 is 10.1 Å². The number of ether oxygens (including phenoxy) is 1. The third kappa shape index (κ3) is 2.35. The van der Waals surface area contributed by atoms with Crippen molar-refractivity contribution < 1.29 is 24.0 Å². The number of nitrogens with zero attached hydrogens (tertiary/aromatic N) is 3. The lowest BCUT2D eigenvalue weighted by Crippen LogP contribution is -2.54. The number of fused-ring (bicyclic) bond motifs is 7. The van der Waals surface area contributed by atoms with E-state index in [1.807, 2.05) is 30.0 Å². The smallest absolute Gasteiger partial charge is 0.271 e. The number of amides is 3. The van der Waals surface area contributed by atoms with Crippen LogP contribution in [0.2, 0.25) is 0 Å². The van der Waals surface area contributed by atoms with Gasteiger partial charge in [0.15, 0.2) is 0 Å². The van der Waals surface area contributed by atoms with E-state index in [1.54, 1.807) is 0 Å². The molecule has 4 atom stereocenters. The summed E-state index contributed by atoms with van der Waals surface area (Å²) in [5.41, 5.74) is 0.791. The minimum Gasteiger partial charge on any atom is -0.495 e. The van der Waals surface area contributed by atoms with Gasteiger partial charge >= 0.3 is 0 Å². The highest BCUT2D eigenvalue weighted by Crippen LogP contribution is 2.61. The van der Waals surface area contributed by atoms with Crippen LogP contribution in [0.25, 0.3) is 0 Å². The maximum Gasteiger partial charge on any atom is 0.271 e. The molecule has 0 bridgehead atoms. The summed E-state index contributed by atoms with van der Waals surface area (Å²) in [6.45, 7) is 2.53. The molecule has 3 saturated heterocycles. The topological polar surface area (TPSA) is 122 Å². The van der Waals surface area contributed by atoms with Crippen molar-refractivity contribution in [3.63, 3.8) is 0 Å². The number of carbonyl (C=O) groups is 3. The Morgan fingerprint density at radius 1 is 1.15 bits per heavy atom. The first-order chi connectivity index (χ1) is 16.3. The van der Waals surface area contributed by atoms with Crippen LogP contribution in [0.4, 0.5) is 17.1 Å². The summed E-state index contributed by atoms with van der Waals surface area (Å²) >= 11 is 0. The molecule has 3 amide bonds. The Kier molecular flexibility index (Phi) is 4.20. The third-order valence-electron chi connectivity index (χ3n) is 7.76. The molecule has 1 spiro atoms. The van der Waals surface area contributed by atoms with E-state index >= 15 is 0 Å². The van der Waals surface area contributed by atoms with E-state index in [2.05, 4.69) is 5.32 Å². The maximum atomic E-state index is 14.1. The van der Waals surface area contributed by atoms with Gasteiger partial charge in [-0.05, 0) is 38.4 Å². The van der Waals surface area contributed by atoms with Gasteiger partial charge in [-0.25, -0.2) is 4.90 Å². The maximum absolute atomic E-state index is 14.1. The fourth-order valence-corrected chi connectivity index (χ4v) is 6.52. The molecule has 0 radical (unpaired) electrons. The van der Waals surface area contributed by atoms with Crippen molar-refractivity contribution in [3.8, 4) is 5.75 Å². The quantitative estimate of drug-likeness (QED) is 0.422. The number of anilines is 2. The van der Waals surface area contributed by atoms with Crippen LogP contribution < -0.4 is 15.0 Å². The molecule has 34 heavy (non-hydrogen) atoms. The summed E-state index contributed by atoms with van der Waals surface area (Å²) in [5, 5.41) is 14.4. The molecule has 0 aromatic heterocycles. The molecule has 10 nitrogen and oxygen atoms in total. The molecular weight excluding hydrogens is 440 g/mol. The summed E-state index contributed by atoms with van der Waals surface area (Å²) in [6.07, 6.45) is 1.50. The van der Waals surface area contributed by atoms with Crippen LogP contribution in [-0.2, 0) is 19.9 Å². The van der Waals surface area contributed by atoms with Crippen LogP contribution in [0.5, 0.6) is 5.75 Å². The third-order valence-corrected chi connectivity index (χ3v) is 7.76. The van der Waals surface area contributed by atoms with Crippen molar-refractivity contribution in [2.24, 2.45) is 11.8 Å². The van der Waals surface area contributed by atoms with E-state index in [4.69, 9.17) is 4.74 Å². The normalized spacial score (nSPS) is 29.4. The number of nitrogens with one attached hydrogen (secondary N) is 1. The molecule has 0 aliphatic carbocycles. The van der Waals surface area contributed by atoms with Gasteiger partial charge in [0, 0.05) is 29.4 Å². The van der Waals surface area contributed by atoms with Crippen LogP contribution in [0.15, 0.2) is 36.4 Å². The second-order valence-corrected chi connectivity index (χ2v) is 9.30. The Labute approximate surface area is 194 Å². The lowest BCUT2D eigenvalue weighted by molar-refractivity contribution is -0.384.